The van der Waals surface area contributed by atoms with Crippen LogP contribution in [0.25, 0.3) is 0 Å². The minimum Gasteiger partial charge on any atom is -0.495 e. The third kappa shape index (κ3) is 2.07. The van der Waals surface area contributed by atoms with Crippen LogP contribution >= 0.6 is 0 Å². The molecule has 0 N–H and O–H groups in total. The van der Waals surface area contributed by atoms with Gasteiger partial charge in [0.1, 0.15) is 0 Å². The van der Waals surface area contributed by atoms with Gasteiger partial charge in [0.05, 0.1) is 11.9 Å². The Balaban J connectivity index is 2.40. The van der Waals surface area contributed by atoms with E-state index in [1.165, 1.54) is 0 Å². The molecule has 0 aliphatic carbocycles. The lowest BCUT2D eigenvalue weighted by Gasteiger charge is -2.03. The molecule has 0 aromatic heterocycles. The van der Waals surface area contributed by atoms with Gasteiger partial charge in [-0.05, 0) is 26.0 Å². The average molecular weight is 153 g/mol. The van der Waals surface area contributed by atoms with Crippen LogP contribution in [0.3, 0.4) is 0 Å². The summed E-state index contributed by atoms with van der Waals surface area (Å²) < 4.78 is 5.41. The van der Waals surface area contributed by atoms with Crippen LogP contribution in [0, 0.1) is 5.92 Å². The summed E-state index contributed by atoms with van der Waals surface area (Å²) in [7, 11) is 1.79. The summed E-state index contributed by atoms with van der Waals surface area (Å²) in [6.45, 7) is 5.93. The highest BCUT2D eigenvalue weighted by Crippen LogP contribution is 2.29. The van der Waals surface area contributed by atoms with E-state index in [1.54, 1.807) is 7.05 Å². The molecule has 2 nitrogen and oxygen atoms in total. The smallest absolute Gasteiger partial charge is 0.0961 e. The van der Waals surface area contributed by atoms with Crippen molar-refractivity contribution in [3.63, 3.8) is 0 Å². The largest absolute Gasteiger partial charge is 0.495 e. The second-order valence-electron chi connectivity index (χ2n) is 3.00. The van der Waals surface area contributed by atoms with Gasteiger partial charge < -0.3 is 9.73 Å². The van der Waals surface area contributed by atoms with Crippen molar-refractivity contribution in [2.24, 2.45) is 10.9 Å². The van der Waals surface area contributed by atoms with Gasteiger partial charge in [-0.2, -0.15) is 0 Å². The molecule has 0 radical (unpaired) electrons. The van der Waals surface area contributed by atoms with Crippen LogP contribution in [0.5, 0.6) is 0 Å². The SMILES string of the molecule is C=C1O[C@@H](C)C[C@H]1C/C=N\C. The van der Waals surface area contributed by atoms with Gasteiger partial charge in [-0.25, -0.2) is 0 Å². The van der Waals surface area contributed by atoms with Crippen LogP contribution in [-0.4, -0.2) is 19.4 Å². The van der Waals surface area contributed by atoms with E-state index in [-0.39, 0.29) is 0 Å². The maximum atomic E-state index is 5.41. The third-order valence-corrected chi connectivity index (χ3v) is 2.00. The Bertz CT molecular complexity index is 174. The molecule has 1 fully saturated rings. The maximum Gasteiger partial charge on any atom is 0.0961 e. The summed E-state index contributed by atoms with van der Waals surface area (Å²) in [5.74, 6) is 1.42. The van der Waals surface area contributed by atoms with Crippen LogP contribution in [-0.2, 0) is 4.74 Å². The molecule has 0 amide bonds. The number of rotatable bonds is 2. The number of aliphatic imine (C=N–C) groups is 1. The Morgan fingerprint density at radius 3 is 3.00 bits per heavy atom. The summed E-state index contributed by atoms with van der Waals surface area (Å²) in [4.78, 5) is 3.94. The molecule has 0 bridgehead atoms. The van der Waals surface area contributed by atoms with Crippen molar-refractivity contribution in [2.45, 2.75) is 25.9 Å². The number of allylic oxidation sites excluding steroid dienone is 1. The van der Waals surface area contributed by atoms with Gasteiger partial charge in [0.15, 0.2) is 0 Å². The van der Waals surface area contributed by atoms with Crippen LogP contribution in [0.1, 0.15) is 19.8 Å². The van der Waals surface area contributed by atoms with Gasteiger partial charge in [-0.15, -0.1) is 0 Å². The van der Waals surface area contributed by atoms with Crippen molar-refractivity contribution in [3.05, 3.63) is 12.3 Å². The minimum atomic E-state index is 0.345. The molecular weight excluding hydrogens is 138 g/mol. The van der Waals surface area contributed by atoms with E-state index in [0.717, 1.165) is 18.6 Å². The molecule has 1 aliphatic heterocycles. The van der Waals surface area contributed by atoms with Gasteiger partial charge in [-0.1, -0.05) is 6.58 Å². The third-order valence-electron chi connectivity index (χ3n) is 2.00. The van der Waals surface area contributed by atoms with Crippen LogP contribution in [0.4, 0.5) is 0 Å². The minimum absolute atomic E-state index is 0.345. The summed E-state index contributed by atoms with van der Waals surface area (Å²) in [5, 5.41) is 0. The highest BCUT2D eigenvalue weighted by atomic mass is 16.5. The fourth-order valence-electron chi connectivity index (χ4n) is 1.40. The molecule has 11 heavy (non-hydrogen) atoms. The van der Waals surface area contributed by atoms with Crippen LogP contribution in [0.2, 0.25) is 0 Å². The van der Waals surface area contributed by atoms with Gasteiger partial charge in [0, 0.05) is 13.0 Å². The molecule has 1 heterocycles. The van der Waals surface area contributed by atoms with E-state index < -0.39 is 0 Å². The first-order valence-electron chi connectivity index (χ1n) is 4.00. The first-order valence-corrected chi connectivity index (χ1v) is 4.00. The van der Waals surface area contributed by atoms with E-state index in [4.69, 9.17) is 4.74 Å². The Labute approximate surface area is 68.0 Å². The molecule has 0 unspecified atom stereocenters. The molecule has 62 valence electrons. The zero-order valence-electron chi connectivity index (χ0n) is 7.21. The molecule has 1 rings (SSSR count). The highest BCUT2D eigenvalue weighted by molar-refractivity contribution is 5.57. The average Bonchev–Trinajstić information content (AvgIpc) is 2.26. The lowest BCUT2D eigenvalue weighted by atomic mass is 10.0. The number of hydrogen-bond donors (Lipinski definition) is 0. The van der Waals surface area contributed by atoms with Gasteiger partial charge in [-0.3, -0.25) is 0 Å². The quantitative estimate of drug-likeness (QED) is 0.556. The van der Waals surface area contributed by atoms with Crippen molar-refractivity contribution in [1.82, 2.24) is 0 Å². The van der Waals surface area contributed by atoms with Gasteiger partial charge >= 0.3 is 0 Å². The molecule has 1 aliphatic rings. The van der Waals surface area contributed by atoms with Crippen molar-refractivity contribution >= 4 is 6.21 Å². The molecule has 1 saturated heterocycles. The zero-order chi connectivity index (χ0) is 8.27. The molecule has 0 aromatic rings. The van der Waals surface area contributed by atoms with Gasteiger partial charge in [0.25, 0.3) is 0 Å². The first-order chi connectivity index (χ1) is 5.24. The molecule has 0 saturated carbocycles. The summed E-state index contributed by atoms with van der Waals surface area (Å²) >= 11 is 0. The molecule has 0 spiro atoms. The maximum absolute atomic E-state index is 5.41. The number of nitrogens with zero attached hydrogens (tertiary/aromatic N) is 1. The van der Waals surface area contributed by atoms with E-state index in [9.17, 15) is 0 Å². The van der Waals surface area contributed by atoms with Crippen molar-refractivity contribution in [1.29, 1.82) is 0 Å². The lowest BCUT2D eigenvalue weighted by Crippen LogP contribution is -1.98. The highest BCUT2D eigenvalue weighted by Gasteiger charge is 2.25. The Kier molecular flexibility index (Phi) is 2.69. The van der Waals surface area contributed by atoms with E-state index >= 15 is 0 Å². The van der Waals surface area contributed by atoms with E-state index in [1.807, 2.05) is 6.21 Å². The molecule has 2 atom stereocenters. The van der Waals surface area contributed by atoms with Gasteiger partial charge in [0.2, 0.25) is 0 Å². The number of hydrogen-bond acceptors (Lipinski definition) is 2. The van der Waals surface area contributed by atoms with Crippen molar-refractivity contribution in [2.75, 3.05) is 7.05 Å². The predicted molar refractivity (Wildman–Crippen MR) is 46.8 cm³/mol. The summed E-state index contributed by atoms with van der Waals surface area (Å²) in [6, 6.07) is 0. The second-order valence-corrected chi connectivity index (χ2v) is 3.00. The summed E-state index contributed by atoms with van der Waals surface area (Å²) in [5.41, 5.74) is 0. The Morgan fingerprint density at radius 2 is 2.55 bits per heavy atom. The fraction of sp³-hybridized carbons (Fsp3) is 0.667. The van der Waals surface area contributed by atoms with Crippen molar-refractivity contribution in [3.8, 4) is 0 Å². The number of ether oxygens (including phenoxy) is 1. The van der Waals surface area contributed by atoms with E-state index in [0.29, 0.717) is 12.0 Å². The van der Waals surface area contributed by atoms with Crippen molar-refractivity contribution < 1.29 is 4.74 Å². The molecule has 0 aromatic carbocycles. The first kappa shape index (κ1) is 8.31. The standard InChI is InChI=1S/C9H15NO/c1-7-6-9(4-5-10-3)8(2)11-7/h5,7,9H,2,4,6H2,1,3H3/b10-5-/t7-,9+/m0/s1. The van der Waals surface area contributed by atoms with E-state index in [2.05, 4.69) is 18.5 Å². The summed E-state index contributed by atoms with van der Waals surface area (Å²) in [6.07, 6.45) is 4.33. The normalized spacial score (nSPS) is 31.3. The predicted octanol–water partition coefficient (Wildman–Crippen LogP) is 2.02. The zero-order valence-corrected chi connectivity index (χ0v) is 7.21. The van der Waals surface area contributed by atoms with Crippen LogP contribution in [0.15, 0.2) is 17.3 Å². The lowest BCUT2D eigenvalue weighted by molar-refractivity contribution is 0.178. The second kappa shape index (κ2) is 3.56. The van der Waals surface area contributed by atoms with Crippen LogP contribution < -0.4 is 0 Å². The topological polar surface area (TPSA) is 21.6 Å². The Hall–Kier alpha value is -0.790. The Morgan fingerprint density at radius 1 is 1.82 bits per heavy atom. The fourth-order valence-corrected chi connectivity index (χ4v) is 1.40. The monoisotopic (exact) mass is 153 g/mol. The molecular formula is C9H15NO. The molecule has 2 heteroatoms.